The van der Waals surface area contributed by atoms with E-state index < -0.39 is 34.2 Å². The highest BCUT2D eigenvalue weighted by Gasteiger charge is 2.63. The number of carbonyl (C=O) groups excluding carboxylic acids is 4. The molecule has 4 amide bonds. The SMILES string of the molecule is COc1ccc(C(NCCCC[C@H](CNC(=O)[C@H](Cc2ccc([N+](=O)[O-])cc2)NC(=O)CCC(=O)NCCCO[C@H]2CC[C@@]3(C)C(=CC[C@@H]4[C@@H]3CC[C@@]3(C)[C@H]4CC[C@]3(C)[C@H](C)CCCC(C)C)C2)C(=O)Nc2ccc(CO)cc2)(c2ccccc2)c2ccccc2)cc1. The fraction of sp³-hybridized carbons (Fsp3) is 0.538. The number of methoxy groups -OCH3 is 1. The number of nitro benzene ring substituents is 1. The molecule has 500 valence electrons. The van der Waals surface area contributed by atoms with E-state index >= 15 is 0 Å². The molecule has 0 bridgehead atoms. The average molecular weight is 1270 g/mol. The number of nitrogens with zero attached hydrogens (tertiary/aromatic N) is 1. The van der Waals surface area contributed by atoms with E-state index in [-0.39, 0.29) is 61.4 Å². The molecule has 4 aliphatic rings. The van der Waals surface area contributed by atoms with Crippen molar-refractivity contribution < 1.29 is 38.7 Å². The number of rotatable bonds is 33. The van der Waals surface area contributed by atoms with Gasteiger partial charge in [-0.05, 0) is 175 Å². The number of non-ortho nitro benzene ring substituents is 1. The lowest BCUT2D eigenvalue weighted by molar-refractivity contribution is -0.384. The van der Waals surface area contributed by atoms with Crippen LogP contribution in [-0.2, 0) is 42.5 Å². The zero-order valence-corrected chi connectivity index (χ0v) is 56.3. The second kappa shape index (κ2) is 32.3. The molecular formula is C78H104N6O9. The molecule has 0 spiro atoms. The smallest absolute Gasteiger partial charge is 0.269 e. The normalized spacial score (nSPS) is 23.4. The van der Waals surface area contributed by atoms with E-state index in [0.717, 1.165) is 71.3 Å². The summed E-state index contributed by atoms with van der Waals surface area (Å²) in [5.41, 5.74) is 6.72. The Hall–Kier alpha value is -7.20. The fourth-order valence-electron chi connectivity index (χ4n) is 16.8. The van der Waals surface area contributed by atoms with Gasteiger partial charge < -0.3 is 35.8 Å². The van der Waals surface area contributed by atoms with Gasteiger partial charge in [0.05, 0.1) is 36.2 Å². The molecule has 3 fully saturated rings. The minimum atomic E-state index is -1.14. The number of nitrogens with one attached hydrogen (secondary N) is 5. The maximum Gasteiger partial charge on any atom is 0.269 e. The Bertz CT molecular complexity index is 3250. The number of ether oxygens (including phenoxy) is 2. The minimum Gasteiger partial charge on any atom is -0.497 e. The first-order valence-corrected chi connectivity index (χ1v) is 34.7. The van der Waals surface area contributed by atoms with Gasteiger partial charge in [-0.1, -0.05) is 176 Å². The largest absolute Gasteiger partial charge is 0.497 e. The molecule has 15 nitrogen and oxygen atoms in total. The van der Waals surface area contributed by atoms with Crippen LogP contribution in [0, 0.1) is 61.9 Å². The second-order valence-electron chi connectivity index (χ2n) is 28.5. The Balaban J connectivity index is 0.772. The number of fused-ring (bicyclic) bond motifs is 5. The highest BCUT2D eigenvalue weighted by atomic mass is 16.6. The van der Waals surface area contributed by atoms with Crippen molar-refractivity contribution in [1.82, 2.24) is 21.3 Å². The number of aliphatic hydroxyl groups excluding tert-OH is 1. The first-order valence-electron chi connectivity index (χ1n) is 34.7. The third-order valence-electron chi connectivity index (χ3n) is 22.7. The molecule has 4 aliphatic carbocycles. The number of aliphatic hydroxyl groups is 1. The molecule has 0 heterocycles. The van der Waals surface area contributed by atoms with E-state index in [9.17, 15) is 34.4 Å². The van der Waals surface area contributed by atoms with Crippen molar-refractivity contribution in [3.05, 3.63) is 183 Å². The number of unbranched alkanes of at least 4 members (excludes halogenated alkanes) is 1. The first kappa shape index (κ1) is 70.1. The standard InChI is InChI=1S/C78H104N6O9/c1-54(2)18-16-19-55(3)76(5)45-43-69-67-38-31-62-51-66(41-44-75(62,4)68(67)42-46-77(69,76)6)93-49-17-47-79-71(86)39-40-72(87)83-70(50-56-27-34-64(35-28-56)84(90)91)74(89)80-52-58(73(88)82-63-32-25-57(53-85)26-33-63)20-14-15-48-81-78(59-21-10-8-11-22-59,60-23-12-9-13-24-60)61-29-36-65(92-7)37-30-61/h8-13,21-37,54-55,58,66-70,81,85H,14-20,38-53H2,1-7H3,(H,79,86)(H,80,89)(H,82,88)(H,83,87)/t55-,58-,66+,67-,68+,69+,70+,75+,76-,77+/m1/s1. The van der Waals surface area contributed by atoms with Crippen molar-refractivity contribution in [3.8, 4) is 5.75 Å². The van der Waals surface area contributed by atoms with E-state index in [1.54, 1.807) is 49.1 Å². The van der Waals surface area contributed by atoms with Crippen LogP contribution in [-0.4, -0.2) is 79.2 Å². The molecule has 93 heavy (non-hydrogen) atoms. The Morgan fingerprint density at radius 2 is 1.34 bits per heavy atom. The number of anilines is 1. The predicted octanol–water partition coefficient (Wildman–Crippen LogP) is 14.3. The molecule has 0 aromatic heterocycles. The van der Waals surface area contributed by atoms with Gasteiger partial charge in [0, 0.05) is 56.8 Å². The molecule has 5 aromatic carbocycles. The zero-order valence-electron chi connectivity index (χ0n) is 56.3. The number of carbonyl (C=O) groups is 4. The Labute approximate surface area is 553 Å². The summed E-state index contributed by atoms with van der Waals surface area (Å²) in [6, 6.07) is 40.2. The lowest BCUT2D eigenvalue weighted by Gasteiger charge is -2.60. The number of nitro groups is 1. The third-order valence-corrected chi connectivity index (χ3v) is 22.7. The third kappa shape index (κ3) is 16.8. The van der Waals surface area contributed by atoms with Crippen molar-refractivity contribution in [3.63, 3.8) is 0 Å². The second-order valence-corrected chi connectivity index (χ2v) is 28.5. The molecule has 0 radical (unpaired) electrons. The van der Waals surface area contributed by atoms with Crippen LogP contribution in [0.5, 0.6) is 5.75 Å². The van der Waals surface area contributed by atoms with Crippen LogP contribution in [0.3, 0.4) is 0 Å². The summed E-state index contributed by atoms with van der Waals surface area (Å²) in [6.45, 7) is 16.5. The summed E-state index contributed by atoms with van der Waals surface area (Å²) in [4.78, 5) is 66.6. The van der Waals surface area contributed by atoms with Gasteiger partial charge in [0.15, 0.2) is 0 Å². The summed E-state index contributed by atoms with van der Waals surface area (Å²) >= 11 is 0. The molecule has 15 heteroatoms. The molecule has 9 rings (SSSR count). The van der Waals surface area contributed by atoms with Gasteiger partial charge in [-0.3, -0.25) is 34.6 Å². The van der Waals surface area contributed by atoms with Crippen molar-refractivity contribution in [2.75, 3.05) is 38.7 Å². The van der Waals surface area contributed by atoms with Gasteiger partial charge >= 0.3 is 0 Å². The van der Waals surface area contributed by atoms with E-state index in [2.05, 4.69) is 111 Å². The maximum absolute atomic E-state index is 14.4. The van der Waals surface area contributed by atoms with E-state index in [1.165, 1.54) is 63.5 Å². The van der Waals surface area contributed by atoms with Crippen LogP contribution >= 0.6 is 0 Å². The number of hydrogen-bond donors (Lipinski definition) is 6. The van der Waals surface area contributed by atoms with Crippen molar-refractivity contribution >= 4 is 35.0 Å². The van der Waals surface area contributed by atoms with Gasteiger partial charge in [-0.2, -0.15) is 0 Å². The van der Waals surface area contributed by atoms with Crippen LogP contribution in [0.4, 0.5) is 11.4 Å². The topological polar surface area (TPSA) is 210 Å². The quantitative estimate of drug-likeness (QED) is 0.00769. The molecule has 0 aliphatic heterocycles. The first-order chi connectivity index (χ1) is 44.8. The van der Waals surface area contributed by atoms with Crippen LogP contribution in [0.2, 0.25) is 0 Å². The van der Waals surface area contributed by atoms with Crippen LogP contribution in [0.15, 0.2) is 145 Å². The maximum atomic E-state index is 14.4. The van der Waals surface area contributed by atoms with E-state index in [0.29, 0.717) is 73.0 Å². The predicted molar refractivity (Wildman–Crippen MR) is 368 cm³/mol. The Kier molecular flexibility index (Phi) is 24.3. The Morgan fingerprint density at radius 1 is 0.688 bits per heavy atom. The average Bonchev–Trinajstić information content (AvgIpc) is 1.64. The summed E-state index contributed by atoms with van der Waals surface area (Å²) in [5.74, 6) is 2.20. The molecule has 5 aromatic rings. The number of allylic oxidation sites excluding steroid dienone is 1. The van der Waals surface area contributed by atoms with E-state index in [4.69, 9.17) is 9.47 Å². The number of benzene rings is 5. The summed E-state index contributed by atoms with van der Waals surface area (Å²) in [6.07, 6.45) is 18.6. The Morgan fingerprint density at radius 3 is 2.00 bits per heavy atom. The highest BCUT2D eigenvalue weighted by Crippen LogP contribution is 2.71. The van der Waals surface area contributed by atoms with Crippen LogP contribution in [0.25, 0.3) is 0 Å². The van der Waals surface area contributed by atoms with Gasteiger partial charge in [-0.15, -0.1) is 0 Å². The molecule has 3 saturated carbocycles. The van der Waals surface area contributed by atoms with Gasteiger partial charge in [-0.25, -0.2) is 0 Å². The monoisotopic (exact) mass is 1270 g/mol. The molecular weight excluding hydrogens is 1160 g/mol. The highest BCUT2D eigenvalue weighted by molar-refractivity contribution is 5.94. The molecule has 0 unspecified atom stereocenters. The number of amides is 4. The zero-order chi connectivity index (χ0) is 66.2. The molecule has 6 N–H and O–H groups in total. The summed E-state index contributed by atoms with van der Waals surface area (Å²) in [5, 5.41) is 36.9. The van der Waals surface area contributed by atoms with Gasteiger partial charge in [0.1, 0.15) is 11.8 Å². The summed E-state index contributed by atoms with van der Waals surface area (Å²) in [7, 11) is 1.65. The lowest BCUT2D eigenvalue weighted by Crippen LogP contribution is -2.53. The lowest BCUT2D eigenvalue weighted by atomic mass is 9.44. The minimum absolute atomic E-state index is 0.00334. The van der Waals surface area contributed by atoms with Crippen LogP contribution < -0.4 is 31.3 Å². The van der Waals surface area contributed by atoms with Gasteiger partial charge in [0.25, 0.3) is 5.69 Å². The van der Waals surface area contributed by atoms with Crippen molar-refractivity contribution in [2.45, 2.75) is 181 Å². The van der Waals surface area contributed by atoms with Crippen LogP contribution in [0.1, 0.15) is 179 Å². The van der Waals surface area contributed by atoms with E-state index in [1.807, 2.05) is 48.5 Å². The van der Waals surface area contributed by atoms with Crippen molar-refractivity contribution in [1.29, 1.82) is 0 Å². The van der Waals surface area contributed by atoms with Crippen molar-refractivity contribution in [2.24, 2.45) is 51.8 Å². The fourth-order valence-corrected chi connectivity index (χ4v) is 16.8. The number of hydrogen-bond acceptors (Lipinski definition) is 10. The van der Waals surface area contributed by atoms with Gasteiger partial charge in [0.2, 0.25) is 23.6 Å². The molecule has 0 saturated heterocycles. The summed E-state index contributed by atoms with van der Waals surface area (Å²) < 4.78 is 12.1. The molecule has 10 atom stereocenters.